The standard InChI is InChI=1S/C15H20N6O3S2/c1-4-12-16-14(24-19-12)10-25-15-18-17-13-8-7-11(9-21(13)15)26(22,23)20(5-2)6-3/h7-9H,4-6,10H2,1-3H3. The van der Waals surface area contributed by atoms with Gasteiger partial charge in [0.05, 0.1) is 10.6 Å². The molecule has 0 unspecified atom stereocenters. The summed E-state index contributed by atoms with van der Waals surface area (Å²) in [5.41, 5.74) is 0.575. The van der Waals surface area contributed by atoms with Gasteiger partial charge >= 0.3 is 0 Å². The summed E-state index contributed by atoms with van der Waals surface area (Å²) >= 11 is 1.36. The number of thioether (sulfide) groups is 1. The number of hydrogen-bond donors (Lipinski definition) is 0. The summed E-state index contributed by atoms with van der Waals surface area (Å²) in [6, 6.07) is 3.20. The van der Waals surface area contributed by atoms with E-state index < -0.39 is 10.0 Å². The van der Waals surface area contributed by atoms with Crippen molar-refractivity contribution in [3.8, 4) is 0 Å². The third-order valence-electron chi connectivity index (χ3n) is 3.84. The largest absolute Gasteiger partial charge is 0.338 e. The van der Waals surface area contributed by atoms with Gasteiger partial charge in [-0.05, 0) is 12.1 Å². The first-order valence-corrected chi connectivity index (χ1v) is 10.7. The highest BCUT2D eigenvalue weighted by atomic mass is 32.2. The lowest BCUT2D eigenvalue weighted by atomic mass is 10.5. The fraction of sp³-hybridized carbons (Fsp3) is 0.467. The van der Waals surface area contributed by atoms with Crippen LogP contribution >= 0.6 is 11.8 Å². The molecule has 0 spiro atoms. The van der Waals surface area contributed by atoms with Crippen LogP contribution in [-0.4, -0.2) is 50.6 Å². The lowest BCUT2D eigenvalue weighted by molar-refractivity contribution is 0.385. The quantitative estimate of drug-likeness (QED) is 0.532. The van der Waals surface area contributed by atoms with Crippen molar-refractivity contribution in [1.82, 2.24) is 29.0 Å². The van der Waals surface area contributed by atoms with Gasteiger partial charge in [-0.15, -0.1) is 10.2 Å². The van der Waals surface area contributed by atoms with E-state index in [0.29, 0.717) is 47.8 Å². The Labute approximate surface area is 155 Å². The third-order valence-corrected chi connectivity index (χ3v) is 6.80. The molecule has 140 valence electrons. The van der Waals surface area contributed by atoms with E-state index in [-0.39, 0.29) is 4.90 Å². The number of pyridine rings is 1. The maximum atomic E-state index is 12.7. The van der Waals surface area contributed by atoms with Gasteiger partial charge in [-0.3, -0.25) is 4.40 Å². The minimum atomic E-state index is -3.55. The van der Waals surface area contributed by atoms with Crippen molar-refractivity contribution in [1.29, 1.82) is 0 Å². The second kappa shape index (κ2) is 7.72. The minimum Gasteiger partial charge on any atom is -0.338 e. The fourth-order valence-corrected chi connectivity index (χ4v) is 4.64. The van der Waals surface area contributed by atoms with E-state index in [2.05, 4.69) is 20.3 Å². The summed E-state index contributed by atoms with van der Waals surface area (Å²) in [4.78, 5) is 4.46. The number of sulfonamides is 1. The molecule has 0 aromatic carbocycles. The van der Waals surface area contributed by atoms with Crippen molar-refractivity contribution < 1.29 is 12.9 Å². The summed E-state index contributed by atoms with van der Waals surface area (Å²) in [5, 5.41) is 12.6. The smallest absolute Gasteiger partial charge is 0.244 e. The van der Waals surface area contributed by atoms with Crippen LogP contribution in [0, 0.1) is 0 Å². The molecule has 0 amide bonds. The van der Waals surface area contributed by atoms with Gasteiger partial charge in [0.2, 0.25) is 15.9 Å². The van der Waals surface area contributed by atoms with Gasteiger partial charge in [-0.25, -0.2) is 8.42 Å². The van der Waals surface area contributed by atoms with Crippen LogP contribution in [0.15, 0.2) is 32.9 Å². The molecule has 9 nitrogen and oxygen atoms in total. The number of fused-ring (bicyclic) bond motifs is 1. The lowest BCUT2D eigenvalue weighted by Crippen LogP contribution is -2.30. The van der Waals surface area contributed by atoms with E-state index in [9.17, 15) is 8.42 Å². The van der Waals surface area contributed by atoms with Crippen LogP contribution in [0.2, 0.25) is 0 Å². The minimum absolute atomic E-state index is 0.210. The van der Waals surface area contributed by atoms with Crippen LogP contribution in [0.3, 0.4) is 0 Å². The number of aromatic nitrogens is 5. The number of rotatable bonds is 8. The van der Waals surface area contributed by atoms with Crippen LogP contribution in [-0.2, 0) is 22.2 Å². The average Bonchev–Trinajstić information content (AvgIpc) is 3.26. The van der Waals surface area contributed by atoms with Gasteiger partial charge in [-0.1, -0.05) is 37.7 Å². The van der Waals surface area contributed by atoms with E-state index in [4.69, 9.17) is 4.52 Å². The topological polar surface area (TPSA) is 106 Å². The van der Waals surface area contributed by atoms with Crippen molar-refractivity contribution in [2.75, 3.05) is 13.1 Å². The molecule has 3 heterocycles. The van der Waals surface area contributed by atoms with E-state index in [1.54, 1.807) is 22.7 Å². The van der Waals surface area contributed by atoms with E-state index in [1.807, 2.05) is 20.8 Å². The molecule has 0 fully saturated rings. The van der Waals surface area contributed by atoms with E-state index in [0.717, 1.165) is 0 Å². The van der Waals surface area contributed by atoms with Gasteiger partial charge in [0, 0.05) is 25.7 Å². The third kappa shape index (κ3) is 3.60. The Hall–Kier alpha value is -1.98. The van der Waals surface area contributed by atoms with E-state index in [1.165, 1.54) is 16.1 Å². The van der Waals surface area contributed by atoms with Crippen LogP contribution in [0.1, 0.15) is 32.5 Å². The monoisotopic (exact) mass is 396 g/mol. The molecule has 3 rings (SSSR count). The number of nitrogens with zero attached hydrogens (tertiary/aromatic N) is 6. The molecule has 0 aliphatic carbocycles. The predicted molar refractivity (Wildman–Crippen MR) is 96.3 cm³/mol. The van der Waals surface area contributed by atoms with Gasteiger partial charge in [0.1, 0.15) is 0 Å². The summed E-state index contributed by atoms with van der Waals surface area (Å²) in [6.07, 6.45) is 2.26. The van der Waals surface area contributed by atoms with Crippen molar-refractivity contribution in [2.24, 2.45) is 0 Å². The van der Waals surface area contributed by atoms with Crippen LogP contribution < -0.4 is 0 Å². The molecule has 0 saturated carbocycles. The molecule has 26 heavy (non-hydrogen) atoms. The zero-order valence-corrected chi connectivity index (χ0v) is 16.4. The van der Waals surface area contributed by atoms with Gasteiger partial charge < -0.3 is 4.52 Å². The number of aryl methyl sites for hydroxylation is 1. The molecule has 3 aromatic heterocycles. The molecule has 11 heteroatoms. The highest BCUT2D eigenvalue weighted by Gasteiger charge is 2.23. The molecule has 0 radical (unpaired) electrons. The predicted octanol–water partition coefficient (Wildman–Crippen LogP) is 2.00. The normalized spacial score (nSPS) is 12.3. The van der Waals surface area contributed by atoms with Crippen LogP contribution in [0.4, 0.5) is 0 Å². The molecule has 0 N–H and O–H groups in total. The summed E-state index contributed by atoms with van der Waals surface area (Å²) < 4.78 is 33.7. The summed E-state index contributed by atoms with van der Waals surface area (Å²) in [7, 11) is -3.55. The Kier molecular flexibility index (Phi) is 5.58. The maximum Gasteiger partial charge on any atom is 0.244 e. The molecular formula is C15H20N6O3S2. The molecular weight excluding hydrogens is 376 g/mol. The average molecular weight is 396 g/mol. The number of hydrogen-bond acceptors (Lipinski definition) is 8. The van der Waals surface area contributed by atoms with Crippen molar-refractivity contribution in [3.05, 3.63) is 30.0 Å². The maximum absolute atomic E-state index is 12.7. The lowest BCUT2D eigenvalue weighted by Gasteiger charge is -2.18. The van der Waals surface area contributed by atoms with Crippen LogP contribution in [0.25, 0.3) is 5.65 Å². The van der Waals surface area contributed by atoms with Crippen LogP contribution in [0.5, 0.6) is 0 Å². The zero-order valence-electron chi connectivity index (χ0n) is 14.8. The molecule has 0 aliphatic rings. The fourth-order valence-electron chi connectivity index (χ4n) is 2.43. The first kappa shape index (κ1) is 18.8. The molecule has 0 atom stereocenters. The summed E-state index contributed by atoms with van der Waals surface area (Å²) in [6.45, 7) is 6.41. The molecule has 0 bridgehead atoms. The molecule has 3 aromatic rings. The Morgan fingerprint density at radius 2 is 1.96 bits per heavy atom. The molecule has 0 saturated heterocycles. The van der Waals surface area contributed by atoms with Crippen molar-refractivity contribution in [2.45, 2.75) is 43.0 Å². The highest BCUT2D eigenvalue weighted by Crippen LogP contribution is 2.23. The Bertz CT molecular complexity index is 994. The van der Waals surface area contributed by atoms with Gasteiger partial charge in [0.25, 0.3) is 0 Å². The SMILES string of the molecule is CCc1noc(CSc2nnc3ccc(S(=O)(=O)N(CC)CC)cn23)n1. The van der Waals surface area contributed by atoms with E-state index >= 15 is 0 Å². The van der Waals surface area contributed by atoms with Crippen molar-refractivity contribution >= 4 is 27.4 Å². The Morgan fingerprint density at radius 1 is 1.19 bits per heavy atom. The first-order chi connectivity index (χ1) is 12.5. The first-order valence-electron chi connectivity index (χ1n) is 8.28. The Morgan fingerprint density at radius 3 is 2.62 bits per heavy atom. The van der Waals surface area contributed by atoms with Gasteiger partial charge in [0.15, 0.2) is 16.6 Å². The molecule has 0 aliphatic heterocycles. The second-order valence-corrected chi connectivity index (χ2v) is 8.29. The van der Waals surface area contributed by atoms with Gasteiger partial charge in [-0.2, -0.15) is 9.29 Å². The summed E-state index contributed by atoms with van der Waals surface area (Å²) in [5.74, 6) is 1.58. The zero-order chi connectivity index (χ0) is 18.7. The second-order valence-electron chi connectivity index (χ2n) is 5.41. The highest BCUT2D eigenvalue weighted by molar-refractivity contribution is 7.98. The Balaban J connectivity index is 1.88. The van der Waals surface area contributed by atoms with Crippen molar-refractivity contribution in [3.63, 3.8) is 0 Å².